The fraction of sp³-hybridized carbons (Fsp3) is 1.00. The Kier molecular flexibility index (Phi) is 2.29. The van der Waals surface area contributed by atoms with E-state index in [2.05, 4.69) is 5.32 Å². The van der Waals surface area contributed by atoms with E-state index in [4.69, 9.17) is 5.11 Å². The van der Waals surface area contributed by atoms with Crippen LogP contribution >= 0.6 is 0 Å². The molecule has 0 radical (unpaired) electrons. The van der Waals surface area contributed by atoms with Crippen LogP contribution < -0.4 is 5.32 Å². The van der Waals surface area contributed by atoms with Gasteiger partial charge in [-0.3, -0.25) is 0 Å². The van der Waals surface area contributed by atoms with Crippen LogP contribution in [0.1, 0.15) is 32.1 Å². The third-order valence-corrected chi connectivity index (χ3v) is 4.95. The van der Waals surface area contributed by atoms with Crippen molar-refractivity contribution >= 4 is 0 Å². The van der Waals surface area contributed by atoms with Crippen molar-refractivity contribution in [1.29, 1.82) is 0 Å². The average Bonchev–Trinajstić information content (AvgIpc) is 2.85. The van der Waals surface area contributed by atoms with Crippen LogP contribution in [0.4, 0.5) is 0 Å². The first kappa shape index (κ1) is 9.17. The highest BCUT2D eigenvalue weighted by molar-refractivity contribution is 5.05. The van der Waals surface area contributed by atoms with Gasteiger partial charge in [0.1, 0.15) is 0 Å². The lowest BCUT2D eigenvalue weighted by atomic mass is 9.79. The van der Waals surface area contributed by atoms with Crippen molar-refractivity contribution in [3.05, 3.63) is 0 Å². The van der Waals surface area contributed by atoms with Crippen LogP contribution in [0.5, 0.6) is 0 Å². The van der Waals surface area contributed by atoms with Crippen molar-refractivity contribution in [3.8, 4) is 0 Å². The van der Waals surface area contributed by atoms with Gasteiger partial charge in [0.05, 0.1) is 6.61 Å². The van der Waals surface area contributed by atoms with E-state index in [0.29, 0.717) is 6.61 Å². The molecule has 5 atom stereocenters. The summed E-state index contributed by atoms with van der Waals surface area (Å²) in [5, 5.41) is 12.3. The Morgan fingerprint density at radius 1 is 1.07 bits per heavy atom. The Labute approximate surface area is 86.1 Å². The van der Waals surface area contributed by atoms with Crippen molar-refractivity contribution in [1.82, 2.24) is 5.32 Å². The number of aliphatic hydroxyl groups is 1. The predicted octanol–water partition coefficient (Wildman–Crippen LogP) is 1.39. The lowest BCUT2D eigenvalue weighted by molar-refractivity contribution is 0.197. The van der Waals surface area contributed by atoms with Gasteiger partial charge in [0.25, 0.3) is 0 Å². The van der Waals surface area contributed by atoms with Gasteiger partial charge in [0.15, 0.2) is 0 Å². The summed E-state index contributed by atoms with van der Waals surface area (Å²) in [7, 11) is 0. The van der Waals surface area contributed by atoms with Crippen LogP contribution in [0.15, 0.2) is 0 Å². The van der Waals surface area contributed by atoms with Crippen molar-refractivity contribution in [3.63, 3.8) is 0 Å². The minimum absolute atomic E-state index is 0.294. The first-order chi connectivity index (χ1) is 6.90. The molecule has 3 fully saturated rings. The molecule has 0 heterocycles. The summed E-state index contributed by atoms with van der Waals surface area (Å²) < 4.78 is 0. The van der Waals surface area contributed by atoms with E-state index >= 15 is 0 Å². The van der Waals surface area contributed by atoms with E-state index in [1.165, 1.54) is 32.1 Å². The van der Waals surface area contributed by atoms with E-state index in [1.807, 2.05) is 0 Å². The van der Waals surface area contributed by atoms with Crippen molar-refractivity contribution in [2.24, 2.45) is 23.7 Å². The third-order valence-electron chi connectivity index (χ3n) is 4.95. The van der Waals surface area contributed by atoms with Gasteiger partial charge in [-0.2, -0.15) is 0 Å². The average molecular weight is 195 g/mol. The van der Waals surface area contributed by atoms with E-state index < -0.39 is 0 Å². The lowest BCUT2D eigenvalue weighted by Crippen LogP contribution is -2.40. The highest BCUT2D eigenvalue weighted by atomic mass is 16.3. The number of fused-ring (bicyclic) bond motifs is 5. The van der Waals surface area contributed by atoms with E-state index in [0.717, 1.165) is 36.3 Å². The molecule has 0 spiro atoms. The SMILES string of the molecule is OCCN[C@@H]1C[C@H]2C[C@H]1[C@H]1CCC[C@H]21. The normalized spacial score (nSPS) is 49.9. The maximum atomic E-state index is 8.82. The minimum atomic E-state index is 0.294. The quantitative estimate of drug-likeness (QED) is 0.713. The molecule has 14 heavy (non-hydrogen) atoms. The number of nitrogens with one attached hydrogen (secondary N) is 1. The van der Waals surface area contributed by atoms with Crippen LogP contribution in [0.25, 0.3) is 0 Å². The molecule has 0 aliphatic heterocycles. The lowest BCUT2D eigenvalue weighted by Gasteiger charge is -2.32. The molecule has 3 aliphatic carbocycles. The molecular weight excluding hydrogens is 174 g/mol. The number of hydrogen-bond acceptors (Lipinski definition) is 2. The van der Waals surface area contributed by atoms with Gasteiger partial charge in [0, 0.05) is 12.6 Å². The summed E-state index contributed by atoms with van der Waals surface area (Å²) in [6, 6.07) is 0.742. The van der Waals surface area contributed by atoms with Gasteiger partial charge in [-0.25, -0.2) is 0 Å². The van der Waals surface area contributed by atoms with Crippen molar-refractivity contribution < 1.29 is 5.11 Å². The summed E-state index contributed by atoms with van der Waals surface area (Å²) in [5.74, 6) is 4.12. The van der Waals surface area contributed by atoms with Crippen molar-refractivity contribution in [2.45, 2.75) is 38.1 Å². The monoisotopic (exact) mass is 195 g/mol. The van der Waals surface area contributed by atoms with Gasteiger partial charge < -0.3 is 10.4 Å². The fourth-order valence-corrected chi connectivity index (χ4v) is 4.55. The molecule has 3 saturated carbocycles. The minimum Gasteiger partial charge on any atom is -0.395 e. The van der Waals surface area contributed by atoms with Crippen LogP contribution in [0.2, 0.25) is 0 Å². The maximum absolute atomic E-state index is 8.82. The summed E-state index contributed by atoms with van der Waals surface area (Å²) in [5.41, 5.74) is 0. The van der Waals surface area contributed by atoms with E-state index in [-0.39, 0.29) is 0 Å². The molecule has 0 saturated heterocycles. The summed E-state index contributed by atoms with van der Waals surface area (Å²) in [4.78, 5) is 0. The zero-order valence-corrected chi connectivity index (χ0v) is 8.78. The molecule has 0 aromatic carbocycles. The van der Waals surface area contributed by atoms with E-state index in [1.54, 1.807) is 0 Å². The van der Waals surface area contributed by atoms with Crippen LogP contribution in [0.3, 0.4) is 0 Å². The maximum Gasteiger partial charge on any atom is 0.0556 e. The highest BCUT2D eigenvalue weighted by Crippen LogP contribution is 2.58. The fourth-order valence-electron chi connectivity index (χ4n) is 4.55. The number of rotatable bonds is 3. The summed E-state index contributed by atoms with van der Waals surface area (Å²) >= 11 is 0. The molecular formula is C12H21NO. The molecule has 0 amide bonds. The Bertz CT molecular complexity index is 218. The largest absolute Gasteiger partial charge is 0.395 e. The Hall–Kier alpha value is -0.0800. The second-order valence-electron chi connectivity index (χ2n) is 5.44. The molecule has 2 heteroatoms. The first-order valence-electron chi connectivity index (χ1n) is 6.24. The molecule has 2 bridgehead atoms. The molecule has 2 nitrogen and oxygen atoms in total. The molecule has 3 aliphatic rings. The van der Waals surface area contributed by atoms with E-state index in [9.17, 15) is 0 Å². The molecule has 3 rings (SSSR count). The topological polar surface area (TPSA) is 32.3 Å². The zero-order chi connectivity index (χ0) is 9.54. The third kappa shape index (κ3) is 1.24. The van der Waals surface area contributed by atoms with Crippen molar-refractivity contribution in [2.75, 3.05) is 13.2 Å². The molecule has 0 aromatic rings. The Morgan fingerprint density at radius 3 is 2.79 bits per heavy atom. The van der Waals surface area contributed by atoms with Crippen LogP contribution in [-0.4, -0.2) is 24.3 Å². The smallest absolute Gasteiger partial charge is 0.0556 e. The Morgan fingerprint density at radius 2 is 1.93 bits per heavy atom. The summed E-state index contributed by atoms with van der Waals surface area (Å²) in [6.07, 6.45) is 7.36. The molecule has 0 aromatic heterocycles. The number of hydrogen-bond donors (Lipinski definition) is 2. The van der Waals surface area contributed by atoms with Crippen LogP contribution in [0, 0.1) is 23.7 Å². The molecule has 80 valence electrons. The van der Waals surface area contributed by atoms with Gasteiger partial charge in [-0.1, -0.05) is 6.42 Å². The Balaban J connectivity index is 1.65. The van der Waals surface area contributed by atoms with Gasteiger partial charge in [0.2, 0.25) is 0 Å². The van der Waals surface area contributed by atoms with Crippen LogP contribution in [-0.2, 0) is 0 Å². The summed E-state index contributed by atoms with van der Waals surface area (Å²) in [6.45, 7) is 1.09. The number of aliphatic hydroxyl groups excluding tert-OH is 1. The predicted molar refractivity (Wildman–Crippen MR) is 55.9 cm³/mol. The highest BCUT2D eigenvalue weighted by Gasteiger charge is 2.53. The van der Waals surface area contributed by atoms with Gasteiger partial charge in [-0.05, 0) is 49.4 Å². The standard InChI is InChI=1S/C12H21NO/c14-5-4-13-12-7-8-6-11(12)10-3-1-2-9(8)10/h8-14H,1-7H2/t8-,9-,10+,11+,12-/m1/s1. The second-order valence-corrected chi connectivity index (χ2v) is 5.44. The second kappa shape index (κ2) is 3.49. The zero-order valence-electron chi connectivity index (χ0n) is 8.78. The first-order valence-corrected chi connectivity index (χ1v) is 6.24. The van der Waals surface area contributed by atoms with Gasteiger partial charge in [-0.15, -0.1) is 0 Å². The molecule has 0 unspecified atom stereocenters. The molecule has 2 N–H and O–H groups in total. The van der Waals surface area contributed by atoms with Gasteiger partial charge >= 0.3 is 0 Å².